The Balaban J connectivity index is 2.01. The van der Waals surface area contributed by atoms with Crippen LogP contribution in [0.3, 0.4) is 0 Å². The highest BCUT2D eigenvalue weighted by molar-refractivity contribution is 6.32. The number of rotatable bonds is 5. The van der Waals surface area contributed by atoms with Crippen molar-refractivity contribution in [2.24, 2.45) is 5.92 Å². The predicted molar refractivity (Wildman–Crippen MR) is 79.4 cm³/mol. The van der Waals surface area contributed by atoms with E-state index in [9.17, 15) is 4.79 Å². The molecule has 2 rings (SSSR count). The first-order chi connectivity index (χ1) is 9.58. The van der Waals surface area contributed by atoms with Gasteiger partial charge in [0.25, 0.3) is 5.56 Å². The average molecular weight is 301 g/mol. The van der Waals surface area contributed by atoms with Crippen LogP contribution in [0, 0.1) is 5.92 Å². The fourth-order valence-corrected chi connectivity index (χ4v) is 2.25. The number of morpholine rings is 1. The number of hydrogen-bond donors (Lipinski definition) is 2. The fraction of sp³-hybridized carbons (Fsp3) is 0.692. The maximum Gasteiger partial charge on any atom is 0.287 e. The van der Waals surface area contributed by atoms with E-state index in [0.29, 0.717) is 31.3 Å². The van der Waals surface area contributed by atoms with Crippen molar-refractivity contribution in [3.8, 4) is 0 Å². The van der Waals surface area contributed by atoms with E-state index < -0.39 is 0 Å². The van der Waals surface area contributed by atoms with E-state index in [2.05, 4.69) is 15.7 Å². The van der Waals surface area contributed by atoms with Gasteiger partial charge in [-0.05, 0) is 5.92 Å². The molecule has 1 unspecified atom stereocenters. The van der Waals surface area contributed by atoms with E-state index in [1.54, 1.807) is 6.20 Å². The molecule has 2 heterocycles. The number of aromatic nitrogens is 2. The van der Waals surface area contributed by atoms with Crippen LogP contribution in [0.2, 0.25) is 5.02 Å². The summed E-state index contributed by atoms with van der Waals surface area (Å²) in [6.07, 6.45) is 1.68. The van der Waals surface area contributed by atoms with Gasteiger partial charge in [-0.15, -0.1) is 0 Å². The summed E-state index contributed by atoms with van der Waals surface area (Å²) in [5.41, 5.74) is 0.305. The van der Waals surface area contributed by atoms with E-state index in [1.807, 2.05) is 13.8 Å². The molecule has 1 aliphatic rings. The third-order valence-corrected chi connectivity index (χ3v) is 3.41. The minimum Gasteiger partial charge on any atom is -0.380 e. The standard InChI is InChI=1S/C13H21ClN4O2/c1-9(2)8-18-13(19)12(14)11(7-17-18)16-6-10-5-15-3-4-20-10/h7,9-10,15-16H,3-6,8H2,1-2H3. The van der Waals surface area contributed by atoms with Crippen molar-refractivity contribution in [2.45, 2.75) is 26.5 Å². The van der Waals surface area contributed by atoms with E-state index in [0.717, 1.165) is 13.1 Å². The summed E-state index contributed by atoms with van der Waals surface area (Å²) in [6, 6.07) is 0. The highest BCUT2D eigenvalue weighted by atomic mass is 35.5. The summed E-state index contributed by atoms with van der Waals surface area (Å²) in [4.78, 5) is 12.1. The second kappa shape index (κ2) is 7.06. The second-order valence-electron chi connectivity index (χ2n) is 5.33. The molecule has 0 amide bonds. The molecular formula is C13H21ClN4O2. The molecule has 1 aromatic rings. The topological polar surface area (TPSA) is 68.2 Å². The Morgan fingerprint density at radius 3 is 3.10 bits per heavy atom. The van der Waals surface area contributed by atoms with Crippen LogP contribution in [0.4, 0.5) is 5.69 Å². The van der Waals surface area contributed by atoms with Gasteiger partial charge < -0.3 is 15.4 Å². The van der Waals surface area contributed by atoms with E-state index in [1.165, 1.54) is 4.68 Å². The van der Waals surface area contributed by atoms with Crippen molar-refractivity contribution in [3.05, 3.63) is 21.6 Å². The van der Waals surface area contributed by atoms with Gasteiger partial charge >= 0.3 is 0 Å². The Kier molecular flexibility index (Phi) is 5.39. The Bertz CT molecular complexity index is 498. The summed E-state index contributed by atoms with van der Waals surface area (Å²) >= 11 is 6.11. The SMILES string of the molecule is CC(C)Cn1ncc(NCC2CNCCO2)c(Cl)c1=O. The zero-order chi connectivity index (χ0) is 14.5. The van der Waals surface area contributed by atoms with Crippen molar-refractivity contribution in [2.75, 3.05) is 31.6 Å². The first-order valence-corrected chi connectivity index (χ1v) is 7.27. The van der Waals surface area contributed by atoms with Gasteiger partial charge in [-0.1, -0.05) is 25.4 Å². The van der Waals surface area contributed by atoms with Crippen LogP contribution < -0.4 is 16.2 Å². The van der Waals surface area contributed by atoms with Gasteiger partial charge in [0, 0.05) is 26.2 Å². The minimum atomic E-state index is -0.256. The maximum atomic E-state index is 12.1. The molecule has 0 aliphatic carbocycles. The van der Waals surface area contributed by atoms with Crippen LogP contribution in [-0.4, -0.2) is 42.1 Å². The smallest absolute Gasteiger partial charge is 0.287 e. The molecule has 6 nitrogen and oxygen atoms in total. The first kappa shape index (κ1) is 15.3. The molecule has 2 N–H and O–H groups in total. The molecule has 1 fully saturated rings. The van der Waals surface area contributed by atoms with E-state index in [-0.39, 0.29) is 16.7 Å². The van der Waals surface area contributed by atoms with Gasteiger partial charge in [-0.25, -0.2) is 4.68 Å². The van der Waals surface area contributed by atoms with Gasteiger partial charge in [0.2, 0.25) is 0 Å². The van der Waals surface area contributed by atoms with E-state index >= 15 is 0 Å². The Morgan fingerprint density at radius 2 is 2.45 bits per heavy atom. The summed E-state index contributed by atoms with van der Waals surface area (Å²) in [5, 5.41) is 10.7. The van der Waals surface area contributed by atoms with Gasteiger partial charge in [0.1, 0.15) is 5.02 Å². The molecule has 0 aromatic carbocycles. The quantitative estimate of drug-likeness (QED) is 0.847. The lowest BCUT2D eigenvalue weighted by molar-refractivity contribution is 0.0372. The molecule has 1 aromatic heterocycles. The van der Waals surface area contributed by atoms with Crippen LogP contribution in [0.5, 0.6) is 0 Å². The molecule has 0 radical (unpaired) electrons. The lowest BCUT2D eigenvalue weighted by Crippen LogP contribution is -2.42. The van der Waals surface area contributed by atoms with Crippen LogP contribution in [0.1, 0.15) is 13.8 Å². The number of nitrogens with one attached hydrogen (secondary N) is 2. The number of nitrogens with zero attached hydrogens (tertiary/aromatic N) is 2. The number of halogens is 1. The molecule has 1 aliphatic heterocycles. The van der Waals surface area contributed by atoms with Gasteiger partial charge in [0.15, 0.2) is 0 Å². The molecule has 1 saturated heterocycles. The van der Waals surface area contributed by atoms with Gasteiger partial charge in [-0.2, -0.15) is 5.10 Å². The van der Waals surface area contributed by atoms with Crippen molar-refractivity contribution >= 4 is 17.3 Å². The lowest BCUT2D eigenvalue weighted by Gasteiger charge is -2.24. The predicted octanol–water partition coefficient (Wildman–Crippen LogP) is 0.953. The van der Waals surface area contributed by atoms with Crippen LogP contribution >= 0.6 is 11.6 Å². The molecule has 0 saturated carbocycles. The Labute approximate surface area is 123 Å². The molecule has 112 valence electrons. The lowest BCUT2D eigenvalue weighted by atomic mass is 10.2. The fourth-order valence-electron chi connectivity index (χ4n) is 2.04. The first-order valence-electron chi connectivity index (χ1n) is 6.89. The van der Waals surface area contributed by atoms with Gasteiger partial charge in [-0.3, -0.25) is 4.79 Å². The zero-order valence-corrected chi connectivity index (χ0v) is 12.6. The average Bonchev–Trinajstić information content (AvgIpc) is 2.44. The zero-order valence-electron chi connectivity index (χ0n) is 11.9. The highest BCUT2D eigenvalue weighted by Crippen LogP contribution is 2.15. The summed E-state index contributed by atoms with van der Waals surface area (Å²) in [7, 11) is 0. The molecule has 20 heavy (non-hydrogen) atoms. The largest absolute Gasteiger partial charge is 0.380 e. The number of anilines is 1. The van der Waals surface area contributed by atoms with Gasteiger partial charge in [0.05, 0.1) is 24.6 Å². The van der Waals surface area contributed by atoms with Crippen LogP contribution in [0.25, 0.3) is 0 Å². The van der Waals surface area contributed by atoms with Crippen molar-refractivity contribution in [1.29, 1.82) is 0 Å². The third-order valence-electron chi connectivity index (χ3n) is 3.05. The number of ether oxygens (including phenoxy) is 1. The minimum absolute atomic E-state index is 0.0814. The molecule has 0 bridgehead atoms. The van der Waals surface area contributed by atoms with Crippen LogP contribution in [0.15, 0.2) is 11.0 Å². The van der Waals surface area contributed by atoms with Crippen molar-refractivity contribution in [1.82, 2.24) is 15.1 Å². The normalized spacial score (nSPS) is 19.3. The Hall–Kier alpha value is -1.11. The molecule has 1 atom stereocenters. The highest BCUT2D eigenvalue weighted by Gasteiger charge is 2.15. The maximum absolute atomic E-state index is 12.1. The summed E-state index contributed by atoms with van der Waals surface area (Å²) in [6.45, 7) is 7.60. The summed E-state index contributed by atoms with van der Waals surface area (Å²) in [5.74, 6) is 0.344. The van der Waals surface area contributed by atoms with Crippen molar-refractivity contribution < 1.29 is 4.74 Å². The van der Waals surface area contributed by atoms with E-state index in [4.69, 9.17) is 16.3 Å². The van der Waals surface area contributed by atoms with Crippen molar-refractivity contribution in [3.63, 3.8) is 0 Å². The molecule has 0 spiro atoms. The van der Waals surface area contributed by atoms with Crippen LogP contribution in [-0.2, 0) is 11.3 Å². The third kappa shape index (κ3) is 3.94. The monoisotopic (exact) mass is 300 g/mol. The molecule has 7 heteroatoms. The molecular weight excluding hydrogens is 280 g/mol. The second-order valence-corrected chi connectivity index (χ2v) is 5.71. The number of hydrogen-bond acceptors (Lipinski definition) is 5. The summed E-state index contributed by atoms with van der Waals surface area (Å²) < 4.78 is 6.97. The Morgan fingerprint density at radius 1 is 1.65 bits per heavy atom.